The first-order valence-corrected chi connectivity index (χ1v) is 7.68. The van der Waals surface area contributed by atoms with E-state index in [9.17, 15) is 0 Å². The molecule has 3 rings (SSSR count). The Morgan fingerprint density at radius 3 is 2.82 bits per heavy atom. The number of hydrogen-bond acceptors (Lipinski definition) is 4. The average Bonchev–Trinajstić information content (AvgIpc) is 2.93. The SMILES string of the molecule is CC1(NSc2nc3ccccc3s2)CCCC1. The molecule has 1 N–H and O–H groups in total. The standard InChI is InChI=1S/C13H16N2S2/c1-13(8-4-5-9-13)15-17-12-14-10-6-2-3-7-11(10)16-12/h2-3,6-7,15H,4-5,8-9H2,1H3. The minimum Gasteiger partial charge on any atom is -0.252 e. The van der Waals surface area contributed by atoms with Crippen molar-refractivity contribution in [2.45, 2.75) is 42.5 Å². The fourth-order valence-electron chi connectivity index (χ4n) is 2.32. The first-order valence-electron chi connectivity index (χ1n) is 6.05. The monoisotopic (exact) mass is 264 g/mol. The smallest absolute Gasteiger partial charge is 0.166 e. The molecule has 1 aromatic carbocycles. The molecule has 2 nitrogen and oxygen atoms in total. The van der Waals surface area contributed by atoms with E-state index in [1.165, 1.54) is 30.4 Å². The van der Waals surface area contributed by atoms with Gasteiger partial charge in [-0.05, 0) is 43.8 Å². The Hall–Kier alpha value is -0.580. The minimum atomic E-state index is 0.308. The normalized spacial score (nSPS) is 18.9. The molecule has 0 bridgehead atoms. The Bertz CT molecular complexity index is 482. The molecule has 1 aliphatic carbocycles. The lowest BCUT2D eigenvalue weighted by Gasteiger charge is -2.23. The first kappa shape index (κ1) is 11.5. The van der Waals surface area contributed by atoms with Gasteiger partial charge in [0.05, 0.1) is 10.2 Å². The van der Waals surface area contributed by atoms with Gasteiger partial charge < -0.3 is 0 Å². The number of rotatable bonds is 3. The zero-order valence-corrected chi connectivity index (χ0v) is 11.5. The Morgan fingerprint density at radius 2 is 2.06 bits per heavy atom. The molecule has 4 heteroatoms. The quantitative estimate of drug-likeness (QED) is 0.840. The molecule has 1 aliphatic rings. The fraction of sp³-hybridized carbons (Fsp3) is 0.462. The summed E-state index contributed by atoms with van der Waals surface area (Å²) in [4.78, 5) is 4.62. The van der Waals surface area contributed by atoms with Gasteiger partial charge in [-0.1, -0.05) is 25.0 Å². The van der Waals surface area contributed by atoms with Crippen LogP contribution in [0.15, 0.2) is 28.6 Å². The predicted molar refractivity (Wildman–Crippen MR) is 75.5 cm³/mol. The van der Waals surface area contributed by atoms with Crippen molar-refractivity contribution < 1.29 is 0 Å². The van der Waals surface area contributed by atoms with Gasteiger partial charge in [0.25, 0.3) is 0 Å². The summed E-state index contributed by atoms with van der Waals surface area (Å²) in [6.45, 7) is 2.32. The van der Waals surface area contributed by atoms with E-state index in [0.29, 0.717) is 5.54 Å². The molecule has 0 aliphatic heterocycles. The number of aromatic nitrogens is 1. The van der Waals surface area contributed by atoms with Gasteiger partial charge in [-0.2, -0.15) is 0 Å². The van der Waals surface area contributed by atoms with Crippen molar-refractivity contribution in [2.24, 2.45) is 0 Å². The van der Waals surface area contributed by atoms with Gasteiger partial charge in [0.15, 0.2) is 4.34 Å². The van der Waals surface area contributed by atoms with E-state index in [4.69, 9.17) is 0 Å². The molecule has 0 spiro atoms. The number of thiazole rings is 1. The van der Waals surface area contributed by atoms with Crippen LogP contribution in [0.25, 0.3) is 10.2 Å². The van der Waals surface area contributed by atoms with Gasteiger partial charge in [0.1, 0.15) is 0 Å². The molecular weight excluding hydrogens is 248 g/mol. The van der Waals surface area contributed by atoms with E-state index in [0.717, 1.165) is 9.86 Å². The molecule has 17 heavy (non-hydrogen) atoms. The molecule has 90 valence electrons. The van der Waals surface area contributed by atoms with Crippen LogP contribution in [-0.2, 0) is 0 Å². The number of fused-ring (bicyclic) bond motifs is 1. The average molecular weight is 264 g/mol. The lowest BCUT2D eigenvalue weighted by Crippen LogP contribution is -2.34. The van der Waals surface area contributed by atoms with Crippen LogP contribution in [-0.4, -0.2) is 10.5 Å². The van der Waals surface area contributed by atoms with E-state index >= 15 is 0 Å². The third-order valence-corrected chi connectivity index (χ3v) is 5.56. The number of nitrogens with one attached hydrogen (secondary N) is 1. The van der Waals surface area contributed by atoms with Crippen molar-refractivity contribution >= 4 is 33.5 Å². The highest BCUT2D eigenvalue weighted by atomic mass is 32.2. The third-order valence-electron chi connectivity index (χ3n) is 3.37. The molecule has 1 saturated carbocycles. The van der Waals surface area contributed by atoms with Crippen LogP contribution in [0.3, 0.4) is 0 Å². The van der Waals surface area contributed by atoms with Gasteiger partial charge in [0, 0.05) is 5.54 Å². The number of benzene rings is 1. The van der Waals surface area contributed by atoms with E-state index in [1.807, 2.05) is 6.07 Å². The number of nitrogens with zero attached hydrogens (tertiary/aromatic N) is 1. The fourth-order valence-corrected chi connectivity index (χ4v) is 4.26. The van der Waals surface area contributed by atoms with Crippen molar-refractivity contribution in [3.63, 3.8) is 0 Å². The minimum absolute atomic E-state index is 0.308. The van der Waals surface area contributed by atoms with Crippen LogP contribution in [0, 0.1) is 0 Å². The Balaban J connectivity index is 1.72. The molecule has 2 aromatic rings. The molecule has 0 unspecified atom stereocenters. The van der Waals surface area contributed by atoms with Crippen LogP contribution in [0.4, 0.5) is 0 Å². The van der Waals surface area contributed by atoms with E-state index in [-0.39, 0.29) is 0 Å². The maximum absolute atomic E-state index is 4.62. The van der Waals surface area contributed by atoms with Crippen LogP contribution < -0.4 is 4.72 Å². The van der Waals surface area contributed by atoms with Crippen LogP contribution in [0.1, 0.15) is 32.6 Å². The van der Waals surface area contributed by atoms with Gasteiger partial charge in [-0.3, -0.25) is 4.72 Å². The summed E-state index contributed by atoms with van der Waals surface area (Å²) in [5, 5.41) is 0. The summed E-state index contributed by atoms with van der Waals surface area (Å²) in [7, 11) is 0. The highest BCUT2D eigenvalue weighted by Gasteiger charge is 2.28. The van der Waals surface area contributed by atoms with Gasteiger partial charge in [0.2, 0.25) is 0 Å². The van der Waals surface area contributed by atoms with Crippen LogP contribution >= 0.6 is 23.3 Å². The first-order chi connectivity index (χ1) is 8.25. The lowest BCUT2D eigenvalue weighted by atomic mass is 10.0. The second-order valence-electron chi connectivity index (χ2n) is 4.92. The second kappa shape index (κ2) is 4.59. The van der Waals surface area contributed by atoms with Crippen molar-refractivity contribution in [3.05, 3.63) is 24.3 Å². The van der Waals surface area contributed by atoms with Crippen molar-refractivity contribution in [1.82, 2.24) is 9.71 Å². The summed E-state index contributed by atoms with van der Waals surface area (Å²) in [6.07, 6.45) is 5.27. The Morgan fingerprint density at radius 1 is 1.29 bits per heavy atom. The lowest BCUT2D eigenvalue weighted by molar-refractivity contribution is 0.451. The van der Waals surface area contributed by atoms with E-state index < -0.39 is 0 Å². The van der Waals surface area contributed by atoms with Gasteiger partial charge in [-0.15, -0.1) is 11.3 Å². The van der Waals surface area contributed by atoms with Crippen LogP contribution in [0.2, 0.25) is 0 Å². The van der Waals surface area contributed by atoms with Gasteiger partial charge in [-0.25, -0.2) is 4.98 Å². The summed E-state index contributed by atoms with van der Waals surface area (Å²) >= 11 is 3.47. The molecule has 0 atom stereocenters. The van der Waals surface area contributed by atoms with Crippen molar-refractivity contribution in [2.75, 3.05) is 0 Å². The molecule has 1 fully saturated rings. The summed E-state index contributed by atoms with van der Waals surface area (Å²) in [5.74, 6) is 0. The van der Waals surface area contributed by atoms with E-state index in [1.54, 1.807) is 23.3 Å². The Labute approximate surface area is 110 Å². The van der Waals surface area contributed by atoms with Crippen molar-refractivity contribution in [3.8, 4) is 0 Å². The number of hydrogen-bond donors (Lipinski definition) is 1. The summed E-state index contributed by atoms with van der Waals surface area (Å²) in [6, 6.07) is 8.32. The molecule has 1 aromatic heterocycles. The zero-order chi connectivity index (χ0) is 11.7. The molecule has 0 amide bonds. The predicted octanol–water partition coefficient (Wildman–Crippen LogP) is 4.23. The largest absolute Gasteiger partial charge is 0.252 e. The zero-order valence-electron chi connectivity index (χ0n) is 9.90. The van der Waals surface area contributed by atoms with E-state index in [2.05, 4.69) is 34.8 Å². The summed E-state index contributed by atoms with van der Waals surface area (Å²) in [5.41, 5.74) is 1.42. The van der Waals surface area contributed by atoms with Gasteiger partial charge >= 0.3 is 0 Å². The van der Waals surface area contributed by atoms with Crippen molar-refractivity contribution in [1.29, 1.82) is 0 Å². The highest BCUT2D eigenvalue weighted by molar-refractivity contribution is 7.99. The molecule has 0 radical (unpaired) electrons. The summed E-state index contributed by atoms with van der Waals surface area (Å²) < 4.78 is 6.00. The second-order valence-corrected chi connectivity index (χ2v) is 7.00. The Kier molecular flexibility index (Phi) is 3.11. The number of para-hydroxylation sites is 1. The highest BCUT2D eigenvalue weighted by Crippen LogP contribution is 2.34. The molecule has 1 heterocycles. The maximum atomic E-state index is 4.62. The maximum Gasteiger partial charge on any atom is 0.166 e. The molecule has 0 saturated heterocycles. The molecular formula is C13H16N2S2. The topological polar surface area (TPSA) is 24.9 Å². The third kappa shape index (κ3) is 2.49. The van der Waals surface area contributed by atoms with Crippen LogP contribution in [0.5, 0.6) is 0 Å².